The van der Waals surface area contributed by atoms with E-state index in [0.717, 1.165) is 37.2 Å². The predicted octanol–water partition coefficient (Wildman–Crippen LogP) is 3.26. The molecule has 2 aliphatic rings. The number of nitrogens with one attached hydrogen (secondary N) is 1. The van der Waals surface area contributed by atoms with Crippen molar-refractivity contribution >= 4 is 11.8 Å². The molecule has 1 aromatic carbocycles. The highest BCUT2D eigenvalue weighted by Gasteiger charge is 2.42. The lowest BCUT2D eigenvalue weighted by Gasteiger charge is -2.41. The number of hydrogen-bond donors (Lipinski definition) is 1. The van der Waals surface area contributed by atoms with E-state index in [-0.39, 0.29) is 11.4 Å². The van der Waals surface area contributed by atoms with Crippen LogP contribution in [0.2, 0.25) is 0 Å². The van der Waals surface area contributed by atoms with Crippen molar-refractivity contribution in [3.63, 3.8) is 0 Å². The summed E-state index contributed by atoms with van der Waals surface area (Å²) in [7, 11) is 2.00. The zero-order valence-corrected chi connectivity index (χ0v) is 13.4. The maximum absolute atomic E-state index is 13.9. The van der Waals surface area contributed by atoms with Gasteiger partial charge in [-0.15, -0.1) is 0 Å². The lowest BCUT2D eigenvalue weighted by molar-refractivity contribution is -0.0847. The highest BCUT2D eigenvalue weighted by Crippen LogP contribution is 2.41. The summed E-state index contributed by atoms with van der Waals surface area (Å²) in [5, 5.41) is 3.42. The minimum absolute atomic E-state index is 0.0871. The van der Waals surface area contributed by atoms with Crippen LogP contribution >= 0.6 is 11.8 Å². The van der Waals surface area contributed by atoms with Crippen LogP contribution < -0.4 is 5.32 Å². The van der Waals surface area contributed by atoms with Gasteiger partial charge in [-0.25, -0.2) is 4.39 Å². The molecule has 1 N–H and O–H groups in total. The van der Waals surface area contributed by atoms with Crippen molar-refractivity contribution in [3.05, 3.63) is 35.6 Å². The van der Waals surface area contributed by atoms with Gasteiger partial charge in [0.1, 0.15) is 5.82 Å². The quantitative estimate of drug-likeness (QED) is 0.922. The minimum atomic E-state index is -0.0871. The van der Waals surface area contributed by atoms with Crippen LogP contribution in [0.25, 0.3) is 0 Å². The van der Waals surface area contributed by atoms with Crippen molar-refractivity contribution < 1.29 is 9.13 Å². The fourth-order valence-electron chi connectivity index (χ4n) is 3.68. The van der Waals surface area contributed by atoms with E-state index in [1.807, 2.05) is 30.9 Å². The first-order chi connectivity index (χ1) is 10.2. The number of halogens is 1. The van der Waals surface area contributed by atoms with Gasteiger partial charge in [0.15, 0.2) is 0 Å². The van der Waals surface area contributed by atoms with Crippen LogP contribution in [-0.4, -0.2) is 36.8 Å². The van der Waals surface area contributed by atoms with Gasteiger partial charge < -0.3 is 10.1 Å². The van der Waals surface area contributed by atoms with E-state index in [0.29, 0.717) is 12.0 Å². The maximum atomic E-state index is 13.9. The Hall–Kier alpha value is -0.580. The molecule has 2 heterocycles. The van der Waals surface area contributed by atoms with Crippen LogP contribution in [0.1, 0.15) is 24.8 Å². The molecule has 116 valence electrons. The monoisotopic (exact) mass is 309 g/mol. The van der Waals surface area contributed by atoms with E-state index in [1.54, 1.807) is 12.1 Å². The Kier molecular flexibility index (Phi) is 4.87. The number of likely N-dealkylation sites (N-methyl/N-ethyl adjacent to an activating group) is 1. The molecule has 21 heavy (non-hydrogen) atoms. The fourth-order valence-corrected chi connectivity index (χ4v) is 5.06. The highest BCUT2D eigenvalue weighted by atomic mass is 32.2. The number of benzene rings is 1. The van der Waals surface area contributed by atoms with Gasteiger partial charge in [-0.05, 0) is 56.0 Å². The second-order valence-corrected chi connectivity index (χ2v) is 7.38. The summed E-state index contributed by atoms with van der Waals surface area (Å²) >= 11 is 2.00. The number of thioether (sulfide) groups is 1. The summed E-state index contributed by atoms with van der Waals surface area (Å²) < 4.78 is 20.0. The van der Waals surface area contributed by atoms with E-state index in [9.17, 15) is 4.39 Å². The molecule has 1 aromatic rings. The molecule has 0 aromatic heterocycles. The first-order valence-corrected chi connectivity index (χ1v) is 9.00. The fraction of sp³-hybridized carbons (Fsp3) is 0.647. The van der Waals surface area contributed by atoms with Gasteiger partial charge in [0.05, 0.1) is 5.60 Å². The average Bonchev–Trinajstić information content (AvgIpc) is 2.94. The number of rotatable bonds is 4. The summed E-state index contributed by atoms with van der Waals surface area (Å²) in [6.07, 6.45) is 4.12. The topological polar surface area (TPSA) is 21.3 Å². The molecule has 2 aliphatic heterocycles. The summed E-state index contributed by atoms with van der Waals surface area (Å²) in [6, 6.07) is 7.46. The number of ether oxygens (including phenoxy) is 1. The Morgan fingerprint density at radius 1 is 1.48 bits per heavy atom. The molecule has 1 spiro atoms. The van der Waals surface area contributed by atoms with Crippen LogP contribution in [-0.2, 0) is 11.2 Å². The SMILES string of the molecule is CNC(Cc1ccccc1F)C1CCOC2(CCSC2)C1. The molecule has 0 radical (unpaired) electrons. The van der Waals surface area contributed by atoms with Crippen molar-refractivity contribution in [1.82, 2.24) is 5.32 Å². The lowest BCUT2D eigenvalue weighted by Crippen LogP contribution is -2.47. The molecule has 2 fully saturated rings. The summed E-state index contributed by atoms with van der Waals surface area (Å²) in [4.78, 5) is 0. The molecule has 3 rings (SSSR count). The summed E-state index contributed by atoms with van der Waals surface area (Å²) in [5.74, 6) is 2.82. The van der Waals surface area contributed by atoms with E-state index in [1.165, 1.54) is 12.2 Å². The van der Waals surface area contributed by atoms with Crippen molar-refractivity contribution in [3.8, 4) is 0 Å². The minimum Gasteiger partial charge on any atom is -0.374 e. The zero-order valence-electron chi connectivity index (χ0n) is 12.6. The van der Waals surface area contributed by atoms with Crippen LogP contribution in [0.5, 0.6) is 0 Å². The molecule has 2 saturated heterocycles. The average molecular weight is 309 g/mol. The first-order valence-electron chi connectivity index (χ1n) is 7.85. The molecule has 4 heteroatoms. The van der Waals surface area contributed by atoms with Gasteiger partial charge in [-0.3, -0.25) is 0 Å². The van der Waals surface area contributed by atoms with Crippen molar-refractivity contribution in [1.29, 1.82) is 0 Å². The largest absolute Gasteiger partial charge is 0.374 e. The molecule has 2 nitrogen and oxygen atoms in total. The molecule has 3 unspecified atom stereocenters. The van der Waals surface area contributed by atoms with Crippen molar-refractivity contribution in [2.45, 2.75) is 37.3 Å². The molecule has 0 saturated carbocycles. The highest BCUT2D eigenvalue weighted by molar-refractivity contribution is 7.99. The Morgan fingerprint density at radius 2 is 2.33 bits per heavy atom. The van der Waals surface area contributed by atoms with Gasteiger partial charge in [0, 0.05) is 18.4 Å². The zero-order chi connectivity index (χ0) is 14.7. The van der Waals surface area contributed by atoms with Gasteiger partial charge in [-0.2, -0.15) is 11.8 Å². The van der Waals surface area contributed by atoms with Gasteiger partial charge in [0.25, 0.3) is 0 Å². The maximum Gasteiger partial charge on any atom is 0.126 e. The second kappa shape index (κ2) is 6.67. The molecule has 3 atom stereocenters. The first kappa shape index (κ1) is 15.3. The van der Waals surface area contributed by atoms with E-state index < -0.39 is 0 Å². The van der Waals surface area contributed by atoms with Crippen LogP contribution in [0.15, 0.2) is 24.3 Å². The second-order valence-electron chi connectivity index (χ2n) is 6.28. The van der Waals surface area contributed by atoms with Crippen LogP contribution in [0, 0.1) is 11.7 Å². The predicted molar refractivity (Wildman–Crippen MR) is 86.3 cm³/mol. The Morgan fingerprint density at radius 3 is 3.05 bits per heavy atom. The van der Waals surface area contributed by atoms with Crippen molar-refractivity contribution in [2.24, 2.45) is 5.92 Å². The van der Waals surface area contributed by atoms with E-state index >= 15 is 0 Å². The third kappa shape index (κ3) is 3.43. The standard InChI is InChI=1S/C17H24FNOS/c1-19-16(10-13-4-2-3-5-15(13)18)14-6-8-20-17(11-14)7-9-21-12-17/h2-5,14,16,19H,6-12H2,1H3. The van der Waals surface area contributed by atoms with Crippen LogP contribution in [0.4, 0.5) is 4.39 Å². The van der Waals surface area contributed by atoms with Crippen LogP contribution in [0.3, 0.4) is 0 Å². The third-order valence-corrected chi connectivity index (χ3v) is 6.16. The number of hydrogen-bond acceptors (Lipinski definition) is 3. The van der Waals surface area contributed by atoms with Crippen molar-refractivity contribution in [2.75, 3.05) is 25.2 Å². The van der Waals surface area contributed by atoms with Gasteiger partial charge in [-0.1, -0.05) is 18.2 Å². The summed E-state index contributed by atoms with van der Waals surface area (Å²) in [6.45, 7) is 0.848. The molecule has 0 aliphatic carbocycles. The van der Waals surface area contributed by atoms with Gasteiger partial charge in [0.2, 0.25) is 0 Å². The molecular weight excluding hydrogens is 285 g/mol. The molecule has 0 bridgehead atoms. The summed E-state index contributed by atoms with van der Waals surface area (Å²) in [5.41, 5.74) is 0.913. The Bertz CT molecular complexity index is 476. The third-order valence-electron chi connectivity index (χ3n) is 4.94. The molecule has 0 amide bonds. The smallest absolute Gasteiger partial charge is 0.126 e. The van der Waals surface area contributed by atoms with E-state index in [2.05, 4.69) is 5.32 Å². The Balaban J connectivity index is 1.69. The van der Waals surface area contributed by atoms with Gasteiger partial charge >= 0.3 is 0 Å². The Labute approximate surface area is 130 Å². The molecular formula is C17H24FNOS. The lowest BCUT2D eigenvalue weighted by atomic mass is 9.79. The van der Waals surface area contributed by atoms with E-state index in [4.69, 9.17) is 4.74 Å². The normalized spacial score (nSPS) is 30.7.